The molecule has 1 aliphatic rings. The predicted octanol–water partition coefficient (Wildman–Crippen LogP) is 2.82. The van der Waals surface area contributed by atoms with Gasteiger partial charge in [0.25, 0.3) is 6.01 Å². The average Bonchev–Trinajstić information content (AvgIpc) is 2.82. The van der Waals surface area contributed by atoms with Crippen LogP contribution in [0.2, 0.25) is 0 Å². The number of para-hydroxylation sites is 2. The molecule has 1 saturated heterocycles. The van der Waals surface area contributed by atoms with E-state index in [-0.39, 0.29) is 12.1 Å². The van der Waals surface area contributed by atoms with E-state index < -0.39 is 0 Å². The summed E-state index contributed by atoms with van der Waals surface area (Å²) in [4.78, 5) is 6.72. The number of nitrogens with zero attached hydrogens (tertiary/aromatic N) is 2. The molecule has 1 aliphatic heterocycles. The van der Waals surface area contributed by atoms with Gasteiger partial charge >= 0.3 is 0 Å². The van der Waals surface area contributed by atoms with Gasteiger partial charge in [0.05, 0.1) is 18.8 Å². The number of rotatable bonds is 2. The lowest BCUT2D eigenvalue weighted by atomic mass is 10.2. The second-order valence-corrected chi connectivity index (χ2v) is 5.22. The SMILES string of the molecule is CC1COC(CBr)CN1c1nc2ccccc2o1. The van der Waals surface area contributed by atoms with E-state index in [9.17, 15) is 0 Å². The fourth-order valence-corrected chi connectivity index (χ4v) is 2.55. The van der Waals surface area contributed by atoms with E-state index >= 15 is 0 Å². The third-order valence-electron chi connectivity index (χ3n) is 3.21. The van der Waals surface area contributed by atoms with Crippen LogP contribution in [0.15, 0.2) is 28.7 Å². The van der Waals surface area contributed by atoms with Crippen molar-refractivity contribution >= 4 is 33.0 Å². The normalized spacial score (nSPS) is 24.7. The number of morpholine rings is 1. The summed E-state index contributed by atoms with van der Waals surface area (Å²) < 4.78 is 11.5. The second-order valence-electron chi connectivity index (χ2n) is 4.58. The second kappa shape index (κ2) is 4.90. The minimum Gasteiger partial charge on any atom is -0.423 e. The summed E-state index contributed by atoms with van der Waals surface area (Å²) in [7, 11) is 0. The summed E-state index contributed by atoms with van der Waals surface area (Å²) in [5.41, 5.74) is 1.74. The first-order valence-corrected chi connectivity index (χ1v) is 7.20. The molecule has 3 rings (SSSR count). The van der Waals surface area contributed by atoms with E-state index in [0.29, 0.717) is 12.6 Å². The Hall–Kier alpha value is -1.07. The Morgan fingerprint density at radius 1 is 1.44 bits per heavy atom. The smallest absolute Gasteiger partial charge is 0.298 e. The average molecular weight is 311 g/mol. The van der Waals surface area contributed by atoms with Gasteiger partial charge in [0.2, 0.25) is 0 Å². The first-order chi connectivity index (χ1) is 8.78. The fraction of sp³-hybridized carbons (Fsp3) is 0.462. The number of anilines is 1. The topological polar surface area (TPSA) is 38.5 Å². The fourth-order valence-electron chi connectivity index (χ4n) is 2.16. The summed E-state index contributed by atoms with van der Waals surface area (Å²) in [5.74, 6) is 0. The maximum atomic E-state index is 5.81. The summed E-state index contributed by atoms with van der Waals surface area (Å²) in [5, 5.41) is 0.830. The van der Waals surface area contributed by atoms with Crippen LogP contribution >= 0.6 is 15.9 Å². The molecule has 0 spiro atoms. The maximum Gasteiger partial charge on any atom is 0.298 e. The molecule has 2 heterocycles. The van der Waals surface area contributed by atoms with Crippen LogP contribution in [-0.4, -0.2) is 35.6 Å². The van der Waals surface area contributed by atoms with Gasteiger partial charge in [0, 0.05) is 11.9 Å². The molecule has 1 aromatic heterocycles. The molecule has 0 radical (unpaired) electrons. The lowest BCUT2D eigenvalue weighted by Crippen LogP contribution is -2.49. The zero-order valence-corrected chi connectivity index (χ0v) is 11.8. The van der Waals surface area contributed by atoms with Gasteiger partial charge in [-0.05, 0) is 19.1 Å². The molecular weight excluding hydrogens is 296 g/mol. The van der Waals surface area contributed by atoms with Crippen molar-refractivity contribution < 1.29 is 9.15 Å². The number of alkyl halides is 1. The zero-order chi connectivity index (χ0) is 12.5. The van der Waals surface area contributed by atoms with E-state index in [1.165, 1.54) is 0 Å². The molecule has 1 fully saturated rings. The Bertz CT molecular complexity index is 510. The first kappa shape index (κ1) is 12.0. The predicted molar refractivity (Wildman–Crippen MR) is 74.4 cm³/mol. The van der Waals surface area contributed by atoms with E-state index in [2.05, 4.69) is 32.7 Å². The molecular formula is C13H15BrN2O2. The Morgan fingerprint density at radius 3 is 3.06 bits per heavy atom. The first-order valence-electron chi connectivity index (χ1n) is 6.07. The van der Waals surface area contributed by atoms with Gasteiger partial charge in [0.15, 0.2) is 5.58 Å². The Kier molecular flexibility index (Phi) is 3.26. The third kappa shape index (κ3) is 2.12. The van der Waals surface area contributed by atoms with E-state index in [0.717, 1.165) is 23.0 Å². The highest BCUT2D eigenvalue weighted by molar-refractivity contribution is 9.09. The summed E-state index contributed by atoms with van der Waals surface area (Å²) >= 11 is 3.46. The van der Waals surface area contributed by atoms with Crippen LogP contribution in [0.4, 0.5) is 6.01 Å². The van der Waals surface area contributed by atoms with Crippen LogP contribution in [0.25, 0.3) is 11.1 Å². The molecule has 0 aliphatic carbocycles. The molecule has 0 N–H and O–H groups in total. The lowest BCUT2D eigenvalue weighted by Gasteiger charge is -2.36. The highest BCUT2D eigenvalue weighted by atomic mass is 79.9. The van der Waals surface area contributed by atoms with Gasteiger partial charge < -0.3 is 14.1 Å². The molecule has 2 atom stereocenters. The van der Waals surface area contributed by atoms with Gasteiger partial charge in [-0.3, -0.25) is 0 Å². The standard InChI is InChI=1S/C13H15BrN2O2/c1-9-8-17-10(6-14)7-16(9)13-15-11-4-2-3-5-12(11)18-13/h2-5,9-10H,6-8H2,1H3. The number of hydrogen-bond acceptors (Lipinski definition) is 4. The van der Waals surface area contributed by atoms with Crippen molar-refractivity contribution in [3.63, 3.8) is 0 Å². The molecule has 4 nitrogen and oxygen atoms in total. The largest absolute Gasteiger partial charge is 0.423 e. The van der Waals surface area contributed by atoms with Crippen molar-refractivity contribution in [1.82, 2.24) is 4.98 Å². The summed E-state index contributed by atoms with van der Waals surface area (Å²) in [6.45, 7) is 3.63. The van der Waals surface area contributed by atoms with Crippen LogP contribution in [0.3, 0.4) is 0 Å². The molecule has 0 amide bonds. The summed E-state index contributed by atoms with van der Waals surface area (Å²) in [6, 6.07) is 8.82. The molecule has 18 heavy (non-hydrogen) atoms. The highest BCUT2D eigenvalue weighted by Crippen LogP contribution is 2.25. The van der Waals surface area contributed by atoms with Crippen molar-refractivity contribution in [3.05, 3.63) is 24.3 Å². The van der Waals surface area contributed by atoms with Crippen molar-refractivity contribution in [2.45, 2.75) is 19.1 Å². The third-order valence-corrected chi connectivity index (χ3v) is 3.93. The molecule has 1 aromatic carbocycles. The zero-order valence-electron chi connectivity index (χ0n) is 10.2. The van der Waals surface area contributed by atoms with Gasteiger partial charge in [-0.25, -0.2) is 0 Å². The van der Waals surface area contributed by atoms with Crippen LogP contribution in [-0.2, 0) is 4.74 Å². The van der Waals surface area contributed by atoms with E-state index in [4.69, 9.17) is 9.15 Å². The minimum absolute atomic E-state index is 0.191. The number of oxazole rings is 1. The monoisotopic (exact) mass is 310 g/mol. The van der Waals surface area contributed by atoms with Gasteiger partial charge in [-0.15, -0.1) is 0 Å². The van der Waals surface area contributed by atoms with Crippen molar-refractivity contribution in [1.29, 1.82) is 0 Å². The maximum absolute atomic E-state index is 5.81. The molecule has 2 aromatic rings. The highest BCUT2D eigenvalue weighted by Gasteiger charge is 2.28. The minimum atomic E-state index is 0.191. The summed E-state index contributed by atoms with van der Waals surface area (Å²) in [6.07, 6.45) is 0.191. The number of benzene rings is 1. The Morgan fingerprint density at radius 2 is 2.28 bits per heavy atom. The molecule has 0 bridgehead atoms. The van der Waals surface area contributed by atoms with Crippen LogP contribution in [0, 0.1) is 0 Å². The Balaban J connectivity index is 1.92. The van der Waals surface area contributed by atoms with Crippen LogP contribution in [0.5, 0.6) is 0 Å². The van der Waals surface area contributed by atoms with Crippen molar-refractivity contribution in [3.8, 4) is 0 Å². The van der Waals surface area contributed by atoms with Gasteiger partial charge in [-0.1, -0.05) is 28.1 Å². The number of aromatic nitrogens is 1. The van der Waals surface area contributed by atoms with Gasteiger partial charge in [0.1, 0.15) is 5.52 Å². The number of hydrogen-bond donors (Lipinski definition) is 0. The molecule has 5 heteroatoms. The van der Waals surface area contributed by atoms with Crippen LogP contribution in [0.1, 0.15) is 6.92 Å². The van der Waals surface area contributed by atoms with Crippen molar-refractivity contribution in [2.24, 2.45) is 0 Å². The molecule has 96 valence electrons. The Labute approximate surface area is 114 Å². The number of fused-ring (bicyclic) bond motifs is 1. The van der Waals surface area contributed by atoms with Gasteiger partial charge in [-0.2, -0.15) is 4.98 Å². The van der Waals surface area contributed by atoms with Crippen LogP contribution < -0.4 is 4.90 Å². The van der Waals surface area contributed by atoms with E-state index in [1.54, 1.807) is 0 Å². The lowest BCUT2D eigenvalue weighted by molar-refractivity contribution is 0.0359. The van der Waals surface area contributed by atoms with Crippen molar-refractivity contribution in [2.75, 3.05) is 23.4 Å². The van der Waals surface area contributed by atoms with E-state index in [1.807, 2.05) is 24.3 Å². The quantitative estimate of drug-likeness (QED) is 0.800. The number of ether oxygens (including phenoxy) is 1. The number of halogens is 1. The molecule has 2 unspecified atom stereocenters. The molecule has 0 saturated carbocycles.